The summed E-state index contributed by atoms with van der Waals surface area (Å²) in [7, 11) is 0. The van der Waals surface area contributed by atoms with Gasteiger partial charge in [0.2, 0.25) is 0 Å². The molecule has 0 saturated carbocycles. The Morgan fingerprint density at radius 3 is 1.72 bits per heavy atom. The molecule has 54 heavy (non-hydrogen) atoms. The van der Waals surface area contributed by atoms with Crippen molar-refractivity contribution in [1.29, 1.82) is 0 Å². The molecule has 0 atom stereocenters. The van der Waals surface area contributed by atoms with Crippen LogP contribution in [-0.4, -0.2) is 23.9 Å². The van der Waals surface area contributed by atoms with Crippen molar-refractivity contribution in [3.8, 4) is 50.7 Å². The van der Waals surface area contributed by atoms with Crippen LogP contribution in [0.1, 0.15) is 0 Å². The molecule has 0 N–H and O–H groups in total. The molecule has 0 aliphatic carbocycles. The Bertz CT molecular complexity index is 3160. The molecule has 4 aromatic heterocycles. The monoisotopic (exact) mass is 689 g/mol. The number of pyridine rings is 1. The molecule has 252 valence electrons. The van der Waals surface area contributed by atoms with Crippen molar-refractivity contribution in [1.82, 2.24) is 23.9 Å². The first kappa shape index (κ1) is 30.3. The summed E-state index contributed by atoms with van der Waals surface area (Å²) in [4.78, 5) is 15.3. The lowest BCUT2D eigenvalue weighted by Gasteiger charge is -2.13. The van der Waals surface area contributed by atoms with Crippen molar-refractivity contribution in [3.05, 3.63) is 188 Å². The van der Waals surface area contributed by atoms with Gasteiger partial charge in [0.1, 0.15) is 5.65 Å². The summed E-state index contributed by atoms with van der Waals surface area (Å²) in [5.41, 5.74) is 14.7. The molecule has 0 unspecified atom stereocenters. The van der Waals surface area contributed by atoms with E-state index in [1.807, 2.05) is 36.4 Å². The molecule has 0 amide bonds. The number of hydrogen-bond donors (Lipinski definition) is 0. The fraction of sp³-hybridized carbons (Fsp3) is 0. The number of rotatable bonds is 5. The molecule has 0 spiro atoms. The van der Waals surface area contributed by atoms with Gasteiger partial charge in [-0.1, -0.05) is 146 Å². The summed E-state index contributed by atoms with van der Waals surface area (Å²) >= 11 is 0. The largest absolute Gasteiger partial charge is 0.307 e. The summed E-state index contributed by atoms with van der Waals surface area (Å²) in [6.07, 6.45) is 0. The number of para-hydroxylation sites is 3. The van der Waals surface area contributed by atoms with Crippen molar-refractivity contribution in [2.75, 3.05) is 0 Å². The quantitative estimate of drug-likeness (QED) is 0.181. The lowest BCUT2D eigenvalue weighted by atomic mass is 10.00. The summed E-state index contributed by atoms with van der Waals surface area (Å²) in [6.45, 7) is 0. The van der Waals surface area contributed by atoms with Gasteiger partial charge in [0.15, 0.2) is 5.82 Å². The molecule has 0 aliphatic rings. The third-order valence-corrected chi connectivity index (χ3v) is 10.5. The molecular weight excluding hydrogens is 659 g/mol. The van der Waals surface area contributed by atoms with Crippen molar-refractivity contribution in [2.24, 2.45) is 0 Å². The Hall–Kier alpha value is -7.37. The van der Waals surface area contributed by atoms with Crippen LogP contribution in [0.15, 0.2) is 188 Å². The van der Waals surface area contributed by atoms with E-state index in [4.69, 9.17) is 15.0 Å². The average molecular weight is 690 g/mol. The van der Waals surface area contributed by atoms with Crippen molar-refractivity contribution in [2.45, 2.75) is 0 Å². The molecule has 0 radical (unpaired) electrons. The first-order valence-electron chi connectivity index (χ1n) is 18.2. The second-order valence-corrected chi connectivity index (χ2v) is 13.7. The second kappa shape index (κ2) is 12.1. The third kappa shape index (κ3) is 4.76. The summed E-state index contributed by atoms with van der Waals surface area (Å²) in [5, 5.41) is 3.49. The van der Waals surface area contributed by atoms with Gasteiger partial charge in [0.05, 0.1) is 39.0 Å². The molecule has 7 aromatic carbocycles. The summed E-state index contributed by atoms with van der Waals surface area (Å²) in [5.74, 6) is 0.706. The normalized spacial score (nSPS) is 11.7. The topological polar surface area (TPSA) is 48.0 Å². The smallest absolute Gasteiger partial charge is 0.160 e. The van der Waals surface area contributed by atoms with Crippen LogP contribution in [0.3, 0.4) is 0 Å². The fourth-order valence-electron chi connectivity index (χ4n) is 8.03. The van der Waals surface area contributed by atoms with Gasteiger partial charge >= 0.3 is 0 Å². The molecule has 4 heterocycles. The number of benzene rings is 7. The van der Waals surface area contributed by atoms with E-state index in [9.17, 15) is 0 Å². The molecular formula is C49H31N5. The van der Waals surface area contributed by atoms with Gasteiger partial charge in [0, 0.05) is 38.5 Å². The van der Waals surface area contributed by atoms with Crippen LogP contribution in [0, 0.1) is 0 Å². The van der Waals surface area contributed by atoms with Gasteiger partial charge in [-0.15, -0.1) is 0 Å². The van der Waals surface area contributed by atoms with E-state index in [0.29, 0.717) is 5.82 Å². The number of aromatic nitrogens is 5. The molecule has 5 nitrogen and oxygen atoms in total. The standard InChI is InChI=1S/C49H31N5/c1-3-15-32(16-4-1)42-31-43(51-48(50-42)33-17-5-2-6-18-33)36-21-13-19-34(29-36)35-20-14-22-37(30-35)53-44-27-11-9-25-40(44)47-46(53)38-23-7-8-24-39(38)49-52-41-26-10-12-28-45(41)54(47)49/h1-31H. The predicted molar refractivity (Wildman–Crippen MR) is 222 cm³/mol. The fourth-order valence-corrected chi connectivity index (χ4v) is 8.03. The maximum atomic E-state index is 5.16. The first-order valence-corrected chi connectivity index (χ1v) is 18.2. The zero-order valence-corrected chi connectivity index (χ0v) is 29.1. The van der Waals surface area contributed by atoms with Gasteiger partial charge in [-0.25, -0.2) is 15.0 Å². The molecule has 11 rings (SSSR count). The molecule has 0 bridgehead atoms. The predicted octanol–water partition coefficient (Wildman–Crippen LogP) is 12.2. The Morgan fingerprint density at radius 1 is 0.352 bits per heavy atom. The van der Waals surface area contributed by atoms with Crippen molar-refractivity contribution < 1.29 is 0 Å². The van der Waals surface area contributed by atoms with Crippen LogP contribution >= 0.6 is 0 Å². The maximum Gasteiger partial charge on any atom is 0.160 e. The zero-order valence-electron chi connectivity index (χ0n) is 29.1. The SMILES string of the molecule is c1ccc(-c2cc(-c3cccc(-c4cccc(-n5c6ccccc6c6c5c5ccccc5c5nc7ccccc7n56)c4)c3)nc(-c3ccccc3)n2)cc1. The molecule has 0 fully saturated rings. The van der Waals surface area contributed by atoms with Gasteiger partial charge in [-0.2, -0.15) is 0 Å². The highest BCUT2D eigenvalue weighted by Gasteiger charge is 2.21. The van der Waals surface area contributed by atoms with Crippen molar-refractivity contribution in [3.63, 3.8) is 0 Å². The van der Waals surface area contributed by atoms with E-state index in [0.717, 1.165) is 83.5 Å². The van der Waals surface area contributed by atoms with Gasteiger partial charge in [0.25, 0.3) is 0 Å². The first-order chi connectivity index (χ1) is 26.8. The third-order valence-electron chi connectivity index (χ3n) is 10.5. The Balaban J connectivity index is 1.11. The van der Waals surface area contributed by atoms with Crippen LogP contribution in [0.5, 0.6) is 0 Å². The van der Waals surface area contributed by atoms with Crippen LogP contribution in [0.25, 0.3) is 100 Å². The molecule has 5 heteroatoms. The Morgan fingerprint density at radius 2 is 0.926 bits per heavy atom. The highest BCUT2D eigenvalue weighted by Crippen LogP contribution is 2.40. The van der Waals surface area contributed by atoms with Gasteiger partial charge in [-0.3, -0.25) is 4.40 Å². The molecule has 0 aliphatic heterocycles. The van der Waals surface area contributed by atoms with E-state index in [-0.39, 0.29) is 0 Å². The summed E-state index contributed by atoms with van der Waals surface area (Å²) < 4.78 is 4.78. The van der Waals surface area contributed by atoms with E-state index >= 15 is 0 Å². The highest BCUT2D eigenvalue weighted by atomic mass is 15.1. The van der Waals surface area contributed by atoms with E-state index in [1.54, 1.807) is 0 Å². The van der Waals surface area contributed by atoms with E-state index < -0.39 is 0 Å². The van der Waals surface area contributed by atoms with E-state index in [1.165, 1.54) is 10.8 Å². The molecule has 0 saturated heterocycles. The highest BCUT2D eigenvalue weighted by molar-refractivity contribution is 6.21. The minimum Gasteiger partial charge on any atom is -0.307 e. The Labute approximate surface area is 311 Å². The summed E-state index contributed by atoms with van der Waals surface area (Å²) in [6, 6.07) is 66.0. The Kier molecular flexibility index (Phi) is 6.79. The average Bonchev–Trinajstić information content (AvgIpc) is 3.81. The second-order valence-electron chi connectivity index (χ2n) is 13.7. The zero-order chi connectivity index (χ0) is 35.6. The van der Waals surface area contributed by atoms with E-state index in [2.05, 4.69) is 161 Å². The van der Waals surface area contributed by atoms with Gasteiger partial charge < -0.3 is 4.57 Å². The molecule has 11 aromatic rings. The number of hydrogen-bond acceptors (Lipinski definition) is 3. The van der Waals surface area contributed by atoms with Crippen LogP contribution in [0.4, 0.5) is 0 Å². The lowest BCUT2D eigenvalue weighted by molar-refractivity contribution is 1.18. The van der Waals surface area contributed by atoms with Crippen LogP contribution in [0.2, 0.25) is 0 Å². The lowest BCUT2D eigenvalue weighted by Crippen LogP contribution is -1.97. The van der Waals surface area contributed by atoms with Crippen LogP contribution in [-0.2, 0) is 0 Å². The van der Waals surface area contributed by atoms with Crippen molar-refractivity contribution >= 4 is 49.4 Å². The van der Waals surface area contributed by atoms with Gasteiger partial charge in [-0.05, 0) is 53.6 Å². The number of nitrogens with zero attached hydrogens (tertiary/aromatic N) is 5. The minimum absolute atomic E-state index is 0.706. The minimum atomic E-state index is 0.706. The number of imidazole rings is 1. The van der Waals surface area contributed by atoms with Crippen LogP contribution < -0.4 is 0 Å². The number of fused-ring (bicyclic) bond motifs is 10. The maximum absolute atomic E-state index is 5.16.